The molecule has 0 aromatic heterocycles. The number of ether oxygens (including phenoxy) is 1. The fourth-order valence-corrected chi connectivity index (χ4v) is 4.67. The van der Waals surface area contributed by atoms with Gasteiger partial charge >= 0.3 is 0 Å². The van der Waals surface area contributed by atoms with Crippen LogP contribution < -0.4 is 5.32 Å². The van der Waals surface area contributed by atoms with E-state index in [1.165, 1.54) is 3.57 Å². The lowest BCUT2D eigenvalue weighted by molar-refractivity contribution is -0.0432. The maximum Gasteiger partial charge on any atom is 0.156 e. The molecule has 0 unspecified atom stereocenters. The lowest BCUT2D eigenvalue weighted by atomic mass is 9.78. The standard InChI is InChI=1S/C26H20INO/c27-22-15-9-10-19(18-22)25-28-24-17-8-7-16-23(24)26(29-25,20-11-3-1-4-12-20)21-13-5-2-6-14-21/h1-18,25,28H/t25-/m0/s1. The van der Waals surface area contributed by atoms with E-state index in [-0.39, 0.29) is 6.23 Å². The van der Waals surface area contributed by atoms with E-state index in [4.69, 9.17) is 4.74 Å². The summed E-state index contributed by atoms with van der Waals surface area (Å²) in [5.74, 6) is 0. The van der Waals surface area contributed by atoms with Crippen LogP contribution in [0.1, 0.15) is 28.5 Å². The van der Waals surface area contributed by atoms with Crippen molar-refractivity contribution < 1.29 is 4.74 Å². The van der Waals surface area contributed by atoms with Gasteiger partial charge in [-0.25, -0.2) is 0 Å². The summed E-state index contributed by atoms with van der Waals surface area (Å²) in [4.78, 5) is 0. The highest BCUT2D eigenvalue weighted by Gasteiger charge is 2.44. The van der Waals surface area contributed by atoms with E-state index in [0.29, 0.717) is 0 Å². The van der Waals surface area contributed by atoms with Crippen LogP contribution in [0.5, 0.6) is 0 Å². The largest absolute Gasteiger partial charge is 0.356 e. The molecule has 0 radical (unpaired) electrons. The third-order valence-electron chi connectivity index (χ3n) is 5.40. The molecule has 0 amide bonds. The van der Waals surface area contributed by atoms with Crippen LogP contribution in [0, 0.1) is 3.57 Å². The molecule has 1 aliphatic rings. The summed E-state index contributed by atoms with van der Waals surface area (Å²) in [6.07, 6.45) is -0.264. The van der Waals surface area contributed by atoms with Crippen LogP contribution in [0.3, 0.4) is 0 Å². The number of fused-ring (bicyclic) bond motifs is 1. The highest BCUT2D eigenvalue weighted by Crippen LogP contribution is 2.49. The van der Waals surface area contributed by atoms with Gasteiger partial charge in [-0.1, -0.05) is 91.0 Å². The number of hydrogen-bond acceptors (Lipinski definition) is 2. The van der Waals surface area contributed by atoms with Crippen LogP contribution in [0.25, 0.3) is 0 Å². The van der Waals surface area contributed by atoms with Crippen molar-refractivity contribution in [1.29, 1.82) is 0 Å². The average molecular weight is 489 g/mol. The van der Waals surface area contributed by atoms with Crippen LogP contribution in [0.2, 0.25) is 0 Å². The van der Waals surface area contributed by atoms with Crippen molar-refractivity contribution in [1.82, 2.24) is 0 Å². The van der Waals surface area contributed by atoms with Gasteiger partial charge in [0.25, 0.3) is 0 Å². The predicted octanol–water partition coefficient (Wildman–Crippen LogP) is 6.72. The Balaban J connectivity index is 1.78. The summed E-state index contributed by atoms with van der Waals surface area (Å²) in [5, 5.41) is 3.61. The van der Waals surface area contributed by atoms with E-state index in [1.807, 2.05) is 12.1 Å². The van der Waals surface area contributed by atoms with Gasteiger partial charge in [0.15, 0.2) is 6.23 Å². The first-order chi connectivity index (χ1) is 14.3. The zero-order chi connectivity index (χ0) is 19.7. The fourth-order valence-electron chi connectivity index (χ4n) is 4.11. The Bertz CT molecular complexity index is 1090. The van der Waals surface area contributed by atoms with Crippen molar-refractivity contribution in [2.24, 2.45) is 0 Å². The molecule has 5 rings (SSSR count). The minimum atomic E-state index is -0.698. The van der Waals surface area contributed by atoms with Gasteiger partial charge in [-0.05, 0) is 51.9 Å². The van der Waals surface area contributed by atoms with Gasteiger partial charge in [0, 0.05) is 20.4 Å². The Kier molecular flexibility index (Phi) is 4.86. The number of para-hydroxylation sites is 1. The molecule has 0 spiro atoms. The van der Waals surface area contributed by atoms with Gasteiger partial charge in [0.05, 0.1) is 0 Å². The van der Waals surface area contributed by atoms with Gasteiger partial charge in [0.2, 0.25) is 0 Å². The minimum absolute atomic E-state index is 0.264. The van der Waals surface area contributed by atoms with Crippen molar-refractivity contribution >= 4 is 28.3 Å². The number of benzene rings is 4. The molecular formula is C26H20INO. The van der Waals surface area contributed by atoms with E-state index in [9.17, 15) is 0 Å². The number of hydrogen-bond donors (Lipinski definition) is 1. The molecule has 1 heterocycles. The molecule has 4 aromatic rings. The lowest BCUT2D eigenvalue weighted by Crippen LogP contribution is -2.40. The molecule has 1 aliphatic heterocycles. The van der Waals surface area contributed by atoms with E-state index in [2.05, 4.69) is 125 Å². The van der Waals surface area contributed by atoms with E-state index in [0.717, 1.165) is 27.9 Å². The van der Waals surface area contributed by atoms with Crippen LogP contribution in [-0.4, -0.2) is 0 Å². The Labute approximate surface area is 184 Å². The highest BCUT2D eigenvalue weighted by molar-refractivity contribution is 14.1. The molecule has 1 N–H and O–H groups in total. The average Bonchev–Trinajstić information content (AvgIpc) is 2.79. The summed E-state index contributed by atoms with van der Waals surface area (Å²) in [6, 6.07) is 37.9. The van der Waals surface area contributed by atoms with Crippen LogP contribution >= 0.6 is 22.6 Å². The molecule has 3 heteroatoms. The zero-order valence-corrected chi connectivity index (χ0v) is 17.9. The summed E-state index contributed by atoms with van der Waals surface area (Å²) in [5.41, 5.74) is 4.87. The molecule has 0 saturated carbocycles. The van der Waals surface area contributed by atoms with Gasteiger partial charge < -0.3 is 10.1 Å². The third kappa shape index (κ3) is 3.24. The maximum absolute atomic E-state index is 7.00. The van der Waals surface area contributed by atoms with Gasteiger partial charge in [-0.2, -0.15) is 0 Å². The fraction of sp³-hybridized carbons (Fsp3) is 0.0769. The molecule has 0 fully saturated rings. The Morgan fingerprint density at radius 1 is 0.690 bits per heavy atom. The molecule has 1 atom stereocenters. The first-order valence-electron chi connectivity index (χ1n) is 9.68. The second-order valence-electron chi connectivity index (χ2n) is 7.16. The smallest absolute Gasteiger partial charge is 0.156 e. The van der Waals surface area contributed by atoms with Gasteiger partial charge in [0.1, 0.15) is 5.60 Å². The maximum atomic E-state index is 7.00. The lowest BCUT2D eigenvalue weighted by Gasteiger charge is -2.44. The Morgan fingerprint density at radius 3 is 1.97 bits per heavy atom. The van der Waals surface area contributed by atoms with E-state index >= 15 is 0 Å². The molecule has 0 saturated heterocycles. The quantitative estimate of drug-likeness (QED) is 0.323. The predicted molar refractivity (Wildman–Crippen MR) is 126 cm³/mol. The third-order valence-corrected chi connectivity index (χ3v) is 6.07. The number of nitrogens with one attached hydrogen (secondary N) is 1. The van der Waals surface area contributed by atoms with Crippen molar-refractivity contribution in [2.45, 2.75) is 11.8 Å². The van der Waals surface area contributed by atoms with Gasteiger partial charge in [-0.15, -0.1) is 0 Å². The number of halogens is 1. The SMILES string of the molecule is Ic1cccc([C@H]2Nc3ccccc3C(c3ccccc3)(c3ccccc3)O2)c1. The van der Waals surface area contributed by atoms with Crippen LogP contribution in [0.4, 0.5) is 5.69 Å². The second-order valence-corrected chi connectivity index (χ2v) is 8.40. The van der Waals surface area contributed by atoms with Crippen molar-refractivity contribution in [3.63, 3.8) is 0 Å². The molecule has 2 nitrogen and oxygen atoms in total. The summed E-state index contributed by atoms with van der Waals surface area (Å²) < 4.78 is 8.19. The topological polar surface area (TPSA) is 21.3 Å². The zero-order valence-electron chi connectivity index (χ0n) is 15.8. The molecular weight excluding hydrogens is 469 g/mol. The van der Waals surface area contributed by atoms with E-state index < -0.39 is 5.60 Å². The first-order valence-corrected chi connectivity index (χ1v) is 10.8. The number of anilines is 1. The van der Waals surface area contributed by atoms with Gasteiger partial charge in [-0.3, -0.25) is 0 Å². The van der Waals surface area contributed by atoms with Crippen molar-refractivity contribution in [3.8, 4) is 0 Å². The normalized spacial score (nSPS) is 17.2. The minimum Gasteiger partial charge on any atom is -0.356 e. The Morgan fingerprint density at radius 2 is 1.31 bits per heavy atom. The monoisotopic (exact) mass is 489 g/mol. The molecule has 0 bridgehead atoms. The molecule has 4 aromatic carbocycles. The molecule has 29 heavy (non-hydrogen) atoms. The summed E-state index contributed by atoms with van der Waals surface area (Å²) in [6.45, 7) is 0. The van der Waals surface area contributed by atoms with Crippen molar-refractivity contribution in [3.05, 3.63) is 135 Å². The van der Waals surface area contributed by atoms with Crippen LogP contribution in [-0.2, 0) is 10.3 Å². The van der Waals surface area contributed by atoms with E-state index in [1.54, 1.807) is 0 Å². The second kappa shape index (κ2) is 7.65. The summed E-state index contributed by atoms with van der Waals surface area (Å²) >= 11 is 2.35. The van der Waals surface area contributed by atoms with Crippen LogP contribution in [0.15, 0.2) is 109 Å². The Hall–Kier alpha value is -2.63. The van der Waals surface area contributed by atoms with Crippen molar-refractivity contribution in [2.75, 3.05) is 5.32 Å². The first kappa shape index (κ1) is 18.4. The molecule has 142 valence electrons. The summed E-state index contributed by atoms with van der Waals surface area (Å²) in [7, 11) is 0. The number of rotatable bonds is 3. The highest BCUT2D eigenvalue weighted by atomic mass is 127. The molecule has 0 aliphatic carbocycles.